The zero-order valence-corrected chi connectivity index (χ0v) is 5.56. The molecule has 1 rings (SSSR count). The summed E-state index contributed by atoms with van der Waals surface area (Å²) in [6.45, 7) is 4.55. The number of nitrogens with one attached hydrogen (secondary N) is 2. The molecule has 1 heterocycles. The Morgan fingerprint density at radius 3 is 2.56 bits per heavy atom. The van der Waals surface area contributed by atoms with Gasteiger partial charge in [-0.25, -0.2) is 0 Å². The van der Waals surface area contributed by atoms with Crippen LogP contribution in [0.3, 0.4) is 0 Å². The zero-order chi connectivity index (χ0) is 6.53. The standard InChI is InChI=1S/C5H14N4/c6-1-2-9-4-7-3-8-5-9/h7-8H,1-6H2. The molecular formula is C5H14N4. The molecule has 4 N–H and O–H groups in total. The van der Waals surface area contributed by atoms with Crippen LogP contribution in [0.5, 0.6) is 0 Å². The second-order valence-corrected chi connectivity index (χ2v) is 2.18. The van der Waals surface area contributed by atoms with E-state index in [-0.39, 0.29) is 0 Å². The molecule has 0 spiro atoms. The topological polar surface area (TPSA) is 53.3 Å². The lowest BCUT2D eigenvalue weighted by molar-refractivity contribution is 0.196. The van der Waals surface area contributed by atoms with E-state index in [1.54, 1.807) is 0 Å². The molecule has 54 valence electrons. The number of nitrogens with zero attached hydrogens (tertiary/aromatic N) is 1. The largest absolute Gasteiger partial charge is 0.329 e. The fraction of sp³-hybridized carbons (Fsp3) is 1.00. The van der Waals surface area contributed by atoms with Crippen molar-refractivity contribution in [2.75, 3.05) is 33.1 Å². The van der Waals surface area contributed by atoms with Crippen LogP contribution in [-0.2, 0) is 0 Å². The van der Waals surface area contributed by atoms with Gasteiger partial charge in [0.2, 0.25) is 0 Å². The second kappa shape index (κ2) is 3.79. The highest BCUT2D eigenvalue weighted by molar-refractivity contribution is 4.59. The van der Waals surface area contributed by atoms with Crippen LogP contribution in [0.15, 0.2) is 0 Å². The minimum absolute atomic E-state index is 0.739. The summed E-state index contributed by atoms with van der Waals surface area (Å²) < 4.78 is 0. The van der Waals surface area contributed by atoms with Crippen molar-refractivity contribution in [3.8, 4) is 0 Å². The van der Waals surface area contributed by atoms with E-state index >= 15 is 0 Å². The van der Waals surface area contributed by atoms with E-state index in [0.717, 1.165) is 33.1 Å². The molecule has 0 atom stereocenters. The molecule has 0 radical (unpaired) electrons. The lowest BCUT2D eigenvalue weighted by atomic mass is 10.5. The van der Waals surface area contributed by atoms with Crippen LogP contribution >= 0.6 is 0 Å². The summed E-state index contributed by atoms with van der Waals surface area (Å²) >= 11 is 0. The van der Waals surface area contributed by atoms with Gasteiger partial charge in [0.1, 0.15) is 0 Å². The zero-order valence-electron chi connectivity index (χ0n) is 5.56. The molecule has 1 fully saturated rings. The highest BCUT2D eigenvalue weighted by Gasteiger charge is 2.05. The first-order valence-corrected chi connectivity index (χ1v) is 3.27. The maximum Gasteiger partial charge on any atom is 0.0503 e. The van der Waals surface area contributed by atoms with E-state index in [1.807, 2.05) is 0 Å². The van der Waals surface area contributed by atoms with Crippen LogP contribution in [-0.4, -0.2) is 38.0 Å². The normalized spacial score (nSPS) is 22.3. The van der Waals surface area contributed by atoms with Gasteiger partial charge in [-0.3, -0.25) is 15.5 Å². The SMILES string of the molecule is NCCN1CNCNC1. The van der Waals surface area contributed by atoms with Crippen molar-refractivity contribution in [2.24, 2.45) is 5.73 Å². The van der Waals surface area contributed by atoms with Crippen LogP contribution in [0.2, 0.25) is 0 Å². The first kappa shape index (κ1) is 6.95. The maximum atomic E-state index is 5.36. The summed E-state index contributed by atoms with van der Waals surface area (Å²) in [7, 11) is 0. The van der Waals surface area contributed by atoms with Gasteiger partial charge in [0.05, 0.1) is 13.3 Å². The van der Waals surface area contributed by atoms with Gasteiger partial charge in [-0.15, -0.1) is 0 Å². The van der Waals surface area contributed by atoms with Gasteiger partial charge in [-0.2, -0.15) is 0 Å². The molecule has 1 saturated heterocycles. The Bertz CT molecular complexity index is 66.6. The minimum atomic E-state index is 0.739. The number of rotatable bonds is 2. The fourth-order valence-electron chi connectivity index (χ4n) is 0.913. The Morgan fingerprint density at radius 1 is 1.33 bits per heavy atom. The van der Waals surface area contributed by atoms with Crippen molar-refractivity contribution in [1.29, 1.82) is 0 Å². The van der Waals surface area contributed by atoms with Crippen molar-refractivity contribution >= 4 is 0 Å². The number of hydrogen-bond acceptors (Lipinski definition) is 4. The van der Waals surface area contributed by atoms with Gasteiger partial charge in [-0.05, 0) is 0 Å². The Balaban J connectivity index is 2.08. The maximum absolute atomic E-state index is 5.36. The molecule has 0 unspecified atom stereocenters. The van der Waals surface area contributed by atoms with E-state index in [4.69, 9.17) is 5.73 Å². The van der Waals surface area contributed by atoms with Crippen LogP contribution in [0, 0.1) is 0 Å². The molecule has 1 aliphatic heterocycles. The molecule has 0 saturated carbocycles. The third-order valence-electron chi connectivity index (χ3n) is 1.37. The third-order valence-corrected chi connectivity index (χ3v) is 1.37. The second-order valence-electron chi connectivity index (χ2n) is 2.18. The van der Waals surface area contributed by atoms with Crippen LogP contribution < -0.4 is 16.4 Å². The summed E-state index contributed by atoms with van der Waals surface area (Å²) in [4.78, 5) is 2.23. The summed E-state index contributed by atoms with van der Waals surface area (Å²) in [5.74, 6) is 0. The lowest BCUT2D eigenvalue weighted by Crippen LogP contribution is -2.51. The van der Waals surface area contributed by atoms with E-state index in [2.05, 4.69) is 15.5 Å². The molecule has 0 bridgehead atoms. The van der Waals surface area contributed by atoms with E-state index in [0.29, 0.717) is 0 Å². The monoisotopic (exact) mass is 130 g/mol. The molecule has 0 aromatic rings. The molecule has 1 aliphatic rings. The van der Waals surface area contributed by atoms with Gasteiger partial charge in [0.15, 0.2) is 0 Å². The number of hydrogen-bond donors (Lipinski definition) is 3. The molecular weight excluding hydrogens is 116 g/mol. The first-order chi connectivity index (χ1) is 4.43. The summed E-state index contributed by atoms with van der Waals surface area (Å²) in [6, 6.07) is 0. The van der Waals surface area contributed by atoms with Crippen molar-refractivity contribution in [1.82, 2.24) is 15.5 Å². The molecule has 9 heavy (non-hydrogen) atoms. The minimum Gasteiger partial charge on any atom is -0.329 e. The predicted molar refractivity (Wildman–Crippen MR) is 36.6 cm³/mol. The van der Waals surface area contributed by atoms with Gasteiger partial charge < -0.3 is 5.73 Å². The Morgan fingerprint density at radius 2 is 2.00 bits per heavy atom. The van der Waals surface area contributed by atoms with E-state index in [9.17, 15) is 0 Å². The molecule has 4 heteroatoms. The van der Waals surface area contributed by atoms with Gasteiger partial charge in [0.25, 0.3) is 0 Å². The Hall–Kier alpha value is -0.160. The summed E-state index contributed by atoms with van der Waals surface area (Å²) in [5.41, 5.74) is 5.36. The first-order valence-electron chi connectivity index (χ1n) is 3.27. The average Bonchev–Trinajstić information content (AvgIpc) is 1.91. The average molecular weight is 130 g/mol. The molecule has 0 aromatic heterocycles. The Labute approximate surface area is 55.4 Å². The highest BCUT2D eigenvalue weighted by atomic mass is 15.4. The van der Waals surface area contributed by atoms with Crippen molar-refractivity contribution in [3.63, 3.8) is 0 Å². The van der Waals surface area contributed by atoms with Crippen molar-refractivity contribution in [2.45, 2.75) is 0 Å². The summed E-state index contributed by atoms with van der Waals surface area (Å²) in [5, 5.41) is 6.36. The fourth-order valence-corrected chi connectivity index (χ4v) is 0.913. The van der Waals surface area contributed by atoms with Crippen molar-refractivity contribution in [3.05, 3.63) is 0 Å². The van der Waals surface area contributed by atoms with Crippen LogP contribution in [0.25, 0.3) is 0 Å². The molecule has 4 nitrogen and oxygen atoms in total. The van der Waals surface area contributed by atoms with Crippen LogP contribution in [0.4, 0.5) is 0 Å². The van der Waals surface area contributed by atoms with Gasteiger partial charge in [0, 0.05) is 19.8 Å². The molecule has 0 aromatic carbocycles. The lowest BCUT2D eigenvalue weighted by Gasteiger charge is -2.27. The third kappa shape index (κ3) is 2.28. The van der Waals surface area contributed by atoms with Gasteiger partial charge in [-0.1, -0.05) is 0 Å². The van der Waals surface area contributed by atoms with Crippen molar-refractivity contribution < 1.29 is 0 Å². The quantitative estimate of drug-likeness (QED) is 0.417. The molecule has 0 aliphatic carbocycles. The van der Waals surface area contributed by atoms with E-state index in [1.165, 1.54) is 0 Å². The predicted octanol–water partition coefficient (Wildman–Crippen LogP) is -1.69. The van der Waals surface area contributed by atoms with Gasteiger partial charge >= 0.3 is 0 Å². The molecule has 0 amide bonds. The highest BCUT2D eigenvalue weighted by Crippen LogP contribution is 1.83. The van der Waals surface area contributed by atoms with E-state index < -0.39 is 0 Å². The van der Waals surface area contributed by atoms with Crippen LogP contribution in [0.1, 0.15) is 0 Å². The smallest absolute Gasteiger partial charge is 0.0503 e. The number of nitrogens with two attached hydrogens (primary N) is 1. The summed E-state index contributed by atoms with van der Waals surface area (Å²) in [6.07, 6.45) is 0. The Kier molecular flexibility index (Phi) is 2.93.